The summed E-state index contributed by atoms with van der Waals surface area (Å²) in [5.41, 5.74) is 4.74. The highest BCUT2D eigenvalue weighted by atomic mass is 16.6. The first-order chi connectivity index (χ1) is 16.5. The van der Waals surface area contributed by atoms with Crippen LogP contribution in [0, 0.1) is 17.0 Å². The fraction of sp³-hybridized carbons (Fsp3) is 0.231. The lowest BCUT2D eigenvalue weighted by Gasteiger charge is -2.28. The minimum Gasteiger partial charge on any atom is -0.436 e. The summed E-state index contributed by atoms with van der Waals surface area (Å²) in [6.07, 6.45) is 3.16. The lowest BCUT2D eigenvalue weighted by molar-refractivity contribution is -0.384. The van der Waals surface area contributed by atoms with Gasteiger partial charge in [-0.05, 0) is 80.3 Å². The number of anilines is 2. The van der Waals surface area contributed by atoms with Crippen molar-refractivity contribution in [2.45, 2.75) is 26.2 Å². The predicted octanol–water partition coefficient (Wildman–Crippen LogP) is 5.95. The van der Waals surface area contributed by atoms with Crippen LogP contribution < -0.4 is 10.2 Å². The molecule has 1 aliphatic rings. The van der Waals surface area contributed by atoms with Gasteiger partial charge in [0, 0.05) is 36.0 Å². The molecule has 1 aromatic heterocycles. The second-order valence-corrected chi connectivity index (χ2v) is 8.53. The number of benzene rings is 3. The van der Waals surface area contributed by atoms with E-state index in [1.54, 1.807) is 24.3 Å². The van der Waals surface area contributed by atoms with Gasteiger partial charge in [0.2, 0.25) is 5.89 Å². The van der Waals surface area contributed by atoms with Crippen molar-refractivity contribution >= 4 is 34.1 Å². The number of nitro groups is 1. The molecule has 0 bridgehead atoms. The zero-order chi connectivity index (χ0) is 23.7. The van der Waals surface area contributed by atoms with Gasteiger partial charge in [0.15, 0.2) is 5.58 Å². The molecular weight excluding hydrogens is 432 g/mol. The van der Waals surface area contributed by atoms with Crippen LogP contribution >= 0.6 is 0 Å². The number of carbonyl (C=O) groups excluding carboxylic acids is 1. The van der Waals surface area contributed by atoms with E-state index in [1.165, 1.54) is 6.07 Å². The number of nitrogens with zero attached hydrogens (tertiary/aromatic N) is 3. The third-order valence-corrected chi connectivity index (χ3v) is 6.06. The summed E-state index contributed by atoms with van der Waals surface area (Å²) in [5.74, 6) is 0.0979. The summed E-state index contributed by atoms with van der Waals surface area (Å²) in [7, 11) is 0. The van der Waals surface area contributed by atoms with E-state index in [4.69, 9.17) is 4.42 Å². The second kappa shape index (κ2) is 8.97. The van der Waals surface area contributed by atoms with Gasteiger partial charge < -0.3 is 14.6 Å². The SMILES string of the molecule is Cc1ccc2oc(-c3ccc(NC(=O)c4ccc(N5CCCCC5)c([N+](=O)[O-])c4)cc3)nc2c1. The highest BCUT2D eigenvalue weighted by molar-refractivity contribution is 6.05. The Morgan fingerprint density at radius 2 is 1.79 bits per heavy atom. The molecule has 1 amide bonds. The lowest BCUT2D eigenvalue weighted by atomic mass is 10.1. The molecule has 0 spiro atoms. The van der Waals surface area contributed by atoms with Crippen LogP contribution in [0.4, 0.5) is 17.1 Å². The van der Waals surface area contributed by atoms with Gasteiger partial charge >= 0.3 is 0 Å². The van der Waals surface area contributed by atoms with Crippen LogP contribution in [-0.2, 0) is 0 Å². The van der Waals surface area contributed by atoms with Crippen LogP contribution in [0.3, 0.4) is 0 Å². The molecule has 2 heterocycles. The molecule has 8 nitrogen and oxygen atoms in total. The van der Waals surface area contributed by atoms with E-state index in [9.17, 15) is 14.9 Å². The Morgan fingerprint density at radius 3 is 2.53 bits per heavy atom. The van der Waals surface area contributed by atoms with Crippen molar-refractivity contribution in [2.75, 3.05) is 23.3 Å². The highest BCUT2D eigenvalue weighted by Gasteiger charge is 2.23. The largest absolute Gasteiger partial charge is 0.436 e. The molecule has 0 aliphatic carbocycles. The first kappa shape index (κ1) is 21.6. The summed E-state index contributed by atoms with van der Waals surface area (Å²) in [4.78, 5) is 30.6. The molecule has 1 saturated heterocycles. The molecule has 1 fully saturated rings. The molecule has 34 heavy (non-hydrogen) atoms. The number of fused-ring (bicyclic) bond motifs is 1. The standard InChI is InChI=1S/C26H24N4O4/c1-17-5-12-24-21(15-17)28-26(34-24)18-6-9-20(10-7-18)27-25(31)19-8-11-22(23(16-19)30(32)33)29-13-3-2-4-14-29/h5-12,15-16H,2-4,13-14H2,1H3,(H,27,31). The van der Waals surface area contributed by atoms with Crippen molar-refractivity contribution in [3.63, 3.8) is 0 Å². The van der Waals surface area contributed by atoms with Gasteiger partial charge in [0.1, 0.15) is 11.2 Å². The molecule has 3 aromatic carbocycles. The monoisotopic (exact) mass is 456 g/mol. The van der Waals surface area contributed by atoms with Crippen LogP contribution in [0.5, 0.6) is 0 Å². The third-order valence-electron chi connectivity index (χ3n) is 6.06. The number of hydrogen-bond acceptors (Lipinski definition) is 6. The maximum absolute atomic E-state index is 12.8. The van der Waals surface area contributed by atoms with E-state index < -0.39 is 10.8 Å². The summed E-state index contributed by atoms with van der Waals surface area (Å²) in [5, 5.41) is 14.5. The number of oxazole rings is 1. The first-order valence-electron chi connectivity index (χ1n) is 11.3. The van der Waals surface area contributed by atoms with E-state index in [1.807, 2.05) is 42.2 Å². The Balaban J connectivity index is 1.33. The van der Waals surface area contributed by atoms with E-state index in [-0.39, 0.29) is 11.3 Å². The normalized spacial score (nSPS) is 13.7. The summed E-state index contributed by atoms with van der Waals surface area (Å²) >= 11 is 0. The van der Waals surface area contributed by atoms with Gasteiger partial charge in [0.25, 0.3) is 11.6 Å². The molecule has 4 aromatic rings. The van der Waals surface area contributed by atoms with Crippen LogP contribution in [0.2, 0.25) is 0 Å². The lowest BCUT2D eigenvalue weighted by Crippen LogP contribution is -2.30. The summed E-state index contributed by atoms with van der Waals surface area (Å²) < 4.78 is 5.83. The molecular formula is C26H24N4O4. The number of nitrogens with one attached hydrogen (secondary N) is 1. The average Bonchev–Trinajstić information content (AvgIpc) is 3.28. The van der Waals surface area contributed by atoms with E-state index in [0.29, 0.717) is 22.8 Å². The number of amides is 1. The minimum absolute atomic E-state index is 0.0453. The molecule has 1 N–H and O–H groups in total. The number of aryl methyl sites for hydroxylation is 1. The molecule has 0 radical (unpaired) electrons. The molecule has 0 saturated carbocycles. The quantitative estimate of drug-likeness (QED) is 0.294. The van der Waals surface area contributed by atoms with Crippen molar-refractivity contribution in [3.05, 3.63) is 81.9 Å². The van der Waals surface area contributed by atoms with E-state index in [0.717, 1.165) is 49.0 Å². The minimum atomic E-state index is -0.419. The van der Waals surface area contributed by atoms with Gasteiger partial charge in [-0.25, -0.2) is 4.98 Å². The smallest absolute Gasteiger partial charge is 0.293 e. The number of rotatable bonds is 5. The average molecular weight is 457 g/mol. The Morgan fingerprint density at radius 1 is 1.03 bits per heavy atom. The van der Waals surface area contributed by atoms with Crippen LogP contribution in [-0.4, -0.2) is 28.9 Å². The van der Waals surface area contributed by atoms with Crippen molar-refractivity contribution in [3.8, 4) is 11.5 Å². The third kappa shape index (κ3) is 4.34. The fourth-order valence-electron chi connectivity index (χ4n) is 4.27. The second-order valence-electron chi connectivity index (χ2n) is 8.53. The molecule has 0 unspecified atom stereocenters. The maximum atomic E-state index is 12.8. The van der Waals surface area contributed by atoms with E-state index in [2.05, 4.69) is 10.3 Å². The number of carbonyl (C=O) groups is 1. The van der Waals surface area contributed by atoms with Crippen molar-refractivity contribution < 1.29 is 14.1 Å². The van der Waals surface area contributed by atoms with Gasteiger partial charge in [0.05, 0.1) is 4.92 Å². The van der Waals surface area contributed by atoms with Gasteiger partial charge in [-0.2, -0.15) is 0 Å². The molecule has 8 heteroatoms. The molecule has 1 aliphatic heterocycles. The Kier molecular flexibility index (Phi) is 5.71. The van der Waals surface area contributed by atoms with Crippen molar-refractivity contribution in [1.82, 2.24) is 4.98 Å². The number of piperidine rings is 1. The van der Waals surface area contributed by atoms with Crippen LogP contribution in [0.25, 0.3) is 22.6 Å². The Labute approximate surface area is 196 Å². The van der Waals surface area contributed by atoms with Gasteiger partial charge in [-0.1, -0.05) is 6.07 Å². The van der Waals surface area contributed by atoms with Crippen LogP contribution in [0.1, 0.15) is 35.2 Å². The van der Waals surface area contributed by atoms with Crippen molar-refractivity contribution in [1.29, 1.82) is 0 Å². The van der Waals surface area contributed by atoms with Crippen molar-refractivity contribution in [2.24, 2.45) is 0 Å². The Hall–Kier alpha value is -4.20. The first-order valence-corrected chi connectivity index (χ1v) is 11.3. The number of aromatic nitrogens is 1. The van der Waals surface area contributed by atoms with Crippen LogP contribution in [0.15, 0.2) is 65.1 Å². The summed E-state index contributed by atoms with van der Waals surface area (Å²) in [6.45, 7) is 3.58. The van der Waals surface area contributed by atoms with Gasteiger partial charge in [-0.15, -0.1) is 0 Å². The fourth-order valence-corrected chi connectivity index (χ4v) is 4.27. The number of nitro benzene ring substituents is 1. The zero-order valence-corrected chi connectivity index (χ0v) is 18.8. The predicted molar refractivity (Wildman–Crippen MR) is 131 cm³/mol. The topological polar surface area (TPSA) is 102 Å². The van der Waals surface area contributed by atoms with Gasteiger partial charge in [-0.3, -0.25) is 14.9 Å². The maximum Gasteiger partial charge on any atom is 0.293 e. The molecule has 172 valence electrons. The number of hydrogen-bond donors (Lipinski definition) is 1. The zero-order valence-electron chi connectivity index (χ0n) is 18.8. The Bertz CT molecular complexity index is 1370. The summed E-state index contributed by atoms with van der Waals surface area (Å²) in [6, 6.07) is 17.6. The highest BCUT2D eigenvalue weighted by Crippen LogP contribution is 2.32. The molecule has 0 atom stereocenters. The molecule has 5 rings (SSSR count). The van der Waals surface area contributed by atoms with E-state index >= 15 is 0 Å².